The molecule has 1 aliphatic heterocycles. The minimum absolute atomic E-state index is 0.0471. The Morgan fingerprint density at radius 2 is 1.82 bits per heavy atom. The quantitative estimate of drug-likeness (QED) is 0.620. The van der Waals surface area contributed by atoms with Crippen LogP contribution in [0.1, 0.15) is 55.5 Å². The number of amides is 1. The lowest BCUT2D eigenvalue weighted by Crippen LogP contribution is -2.49. The second-order valence-electron chi connectivity index (χ2n) is 9.41. The number of piperidine rings is 1. The van der Waals surface area contributed by atoms with Gasteiger partial charge in [0.2, 0.25) is 0 Å². The standard InChI is InChI=1S/C26H30N4O3/c1-18-10-13-22(33-21-7-5-6-20(16-21)26(2,32)19-11-12-19)17-29(18)25(31)23-8-3-4-9-24(23)30-27-14-15-28-30/h3-9,14-16,18-19,22,32H,10-13,17H2,1-2H3/t18-,22-,26?/m1/s1. The number of aromatic nitrogens is 3. The zero-order valence-electron chi connectivity index (χ0n) is 19.1. The van der Waals surface area contributed by atoms with E-state index in [1.165, 1.54) is 4.80 Å². The molecule has 1 aromatic heterocycles. The summed E-state index contributed by atoms with van der Waals surface area (Å²) >= 11 is 0. The van der Waals surface area contributed by atoms with Crippen LogP contribution in [-0.4, -0.2) is 49.6 Å². The van der Waals surface area contributed by atoms with Gasteiger partial charge in [0.05, 0.1) is 35.8 Å². The average Bonchev–Trinajstić information content (AvgIpc) is 3.56. The van der Waals surface area contributed by atoms with Gasteiger partial charge in [-0.2, -0.15) is 15.0 Å². The van der Waals surface area contributed by atoms with E-state index in [4.69, 9.17) is 4.74 Å². The number of hydrogen-bond donors (Lipinski definition) is 1. The van der Waals surface area contributed by atoms with Crippen molar-refractivity contribution in [2.45, 2.75) is 57.3 Å². The monoisotopic (exact) mass is 446 g/mol. The fraction of sp³-hybridized carbons (Fsp3) is 0.423. The predicted octanol–water partition coefficient (Wildman–Crippen LogP) is 3.96. The number of benzene rings is 2. The summed E-state index contributed by atoms with van der Waals surface area (Å²) in [5.74, 6) is 1.01. The SMILES string of the molecule is C[C@@H]1CC[C@@H](Oc2cccc(C(C)(O)C3CC3)c2)CN1C(=O)c1ccccc1-n1nccn1. The molecular formula is C26H30N4O3. The molecule has 3 aromatic rings. The van der Waals surface area contributed by atoms with Crippen LogP contribution >= 0.6 is 0 Å². The van der Waals surface area contributed by atoms with Gasteiger partial charge < -0.3 is 14.7 Å². The Morgan fingerprint density at radius 1 is 1.06 bits per heavy atom. The van der Waals surface area contributed by atoms with E-state index < -0.39 is 5.60 Å². The van der Waals surface area contributed by atoms with Crippen LogP contribution < -0.4 is 4.74 Å². The van der Waals surface area contributed by atoms with Crippen LogP contribution in [0.5, 0.6) is 5.75 Å². The Balaban J connectivity index is 1.33. The molecule has 0 bridgehead atoms. The number of carbonyl (C=O) groups excluding carboxylic acids is 1. The molecule has 1 N–H and O–H groups in total. The molecule has 7 heteroatoms. The summed E-state index contributed by atoms with van der Waals surface area (Å²) in [6.45, 7) is 4.47. The minimum Gasteiger partial charge on any atom is -0.489 e. The lowest BCUT2D eigenvalue weighted by molar-refractivity contribution is 0.0313. The van der Waals surface area contributed by atoms with Crippen LogP contribution in [0, 0.1) is 5.92 Å². The number of nitrogens with zero attached hydrogens (tertiary/aromatic N) is 4. The Labute approximate surface area is 194 Å². The zero-order chi connectivity index (χ0) is 23.0. The molecule has 2 heterocycles. The molecule has 1 saturated carbocycles. The van der Waals surface area contributed by atoms with Crippen molar-refractivity contribution in [1.29, 1.82) is 0 Å². The lowest BCUT2D eigenvalue weighted by Gasteiger charge is -2.38. The first-order chi connectivity index (χ1) is 15.9. The molecule has 33 heavy (non-hydrogen) atoms. The molecule has 5 rings (SSSR count). The largest absolute Gasteiger partial charge is 0.489 e. The van der Waals surface area contributed by atoms with Gasteiger partial charge in [-0.05, 0) is 75.3 Å². The number of carbonyl (C=O) groups is 1. The third-order valence-electron chi connectivity index (χ3n) is 6.96. The minimum atomic E-state index is -0.827. The van der Waals surface area contributed by atoms with Crippen LogP contribution in [0.3, 0.4) is 0 Å². The fourth-order valence-corrected chi connectivity index (χ4v) is 4.73. The Kier molecular flexibility index (Phi) is 5.66. The van der Waals surface area contributed by atoms with Gasteiger partial charge in [-0.25, -0.2) is 0 Å². The second-order valence-corrected chi connectivity index (χ2v) is 9.41. The zero-order valence-corrected chi connectivity index (χ0v) is 19.1. The fourth-order valence-electron chi connectivity index (χ4n) is 4.73. The summed E-state index contributed by atoms with van der Waals surface area (Å²) in [5, 5.41) is 19.3. The van der Waals surface area contributed by atoms with Gasteiger partial charge >= 0.3 is 0 Å². The van der Waals surface area contributed by atoms with Crippen LogP contribution in [0.4, 0.5) is 0 Å². The number of hydrogen-bond acceptors (Lipinski definition) is 5. The topological polar surface area (TPSA) is 80.5 Å². The molecule has 1 saturated heterocycles. The van der Waals surface area contributed by atoms with E-state index in [9.17, 15) is 9.90 Å². The molecule has 1 aliphatic carbocycles. The first-order valence-corrected chi connectivity index (χ1v) is 11.7. The van der Waals surface area contributed by atoms with Crippen molar-refractivity contribution in [3.05, 3.63) is 72.1 Å². The predicted molar refractivity (Wildman–Crippen MR) is 124 cm³/mol. The molecule has 3 atom stereocenters. The third-order valence-corrected chi connectivity index (χ3v) is 6.96. The Hall–Kier alpha value is -3.19. The summed E-state index contributed by atoms with van der Waals surface area (Å²) in [5.41, 5.74) is 1.30. The first kappa shape index (κ1) is 21.6. The molecule has 1 unspecified atom stereocenters. The molecule has 0 radical (unpaired) electrons. The van der Waals surface area contributed by atoms with Gasteiger partial charge in [0.25, 0.3) is 5.91 Å². The van der Waals surface area contributed by atoms with Gasteiger partial charge in [0, 0.05) is 6.04 Å². The van der Waals surface area contributed by atoms with Gasteiger partial charge in [-0.3, -0.25) is 4.79 Å². The maximum Gasteiger partial charge on any atom is 0.256 e. The maximum atomic E-state index is 13.6. The van der Waals surface area contributed by atoms with E-state index in [2.05, 4.69) is 17.1 Å². The van der Waals surface area contributed by atoms with E-state index in [0.29, 0.717) is 23.7 Å². The third kappa shape index (κ3) is 4.37. The van der Waals surface area contributed by atoms with Gasteiger partial charge in [-0.1, -0.05) is 24.3 Å². The molecule has 1 amide bonds. The van der Waals surface area contributed by atoms with Crippen molar-refractivity contribution in [1.82, 2.24) is 19.9 Å². The molecule has 2 aromatic carbocycles. The average molecular weight is 447 g/mol. The van der Waals surface area contributed by atoms with Crippen LogP contribution in [0.2, 0.25) is 0 Å². The number of rotatable bonds is 6. The number of aliphatic hydroxyl groups is 1. The van der Waals surface area contributed by atoms with Crippen molar-refractivity contribution >= 4 is 5.91 Å². The molecule has 7 nitrogen and oxygen atoms in total. The van der Waals surface area contributed by atoms with Gasteiger partial charge in [-0.15, -0.1) is 0 Å². The second kappa shape index (κ2) is 8.63. The van der Waals surface area contributed by atoms with Crippen molar-refractivity contribution in [3.63, 3.8) is 0 Å². The number of ether oxygens (including phenoxy) is 1. The van der Waals surface area contributed by atoms with Crippen LogP contribution in [0.25, 0.3) is 5.69 Å². The maximum absolute atomic E-state index is 13.6. The van der Waals surface area contributed by atoms with Crippen molar-refractivity contribution in [2.75, 3.05) is 6.54 Å². The molecule has 2 aliphatic rings. The Bertz CT molecular complexity index is 1120. The summed E-state index contributed by atoms with van der Waals surface area (Å²) < 4.78 is 6.32. The smallest absolute Gasteiger partial charge is 0.256 e. The Morgan fingerprint density at radius 3 is 2.58 bits per heavy atom. The highest BCUT2D eigenvalue weighted by Gasteiger charge is 2.41. The van der Waals surface area contributed by atoms with E-state index in [-0.39, 0.29) is 18.1 Å². The summed E-state index contributed by atoms with van der Waals surface area (Å²) in [6.07, 6.45) is 6.94. The van der Waals surface area contributed by atoms with E-state index in [0.717, 1.165) is 37.0 Å². The van der Waals surface area contributed by atoms with E-state index in [1.54, 1.807) is 12.4 Å². The summed E-state index contributed by atoms with van der Waals surface area (Å²) in [6, 6.07) is 15.3. The number of likely N-dealkylation sites (tertiary alicyclic amines) is 1. The highest BCUT2D eigenvalue weighted by molar-refractivity contribution is 5.98. The van der Waals surface area contributed by atoms with Crippen molar-refractivity contribution < 1.29 is 14.6 Å². The van der Waals surface area contributed by atoms with Crippen LogP contribution in [-0.2, 0) is 5.60 Å². The summed E-state index contributed by atoms with van der Waals surface area (Å²) in [4.78, 5) is 16.9. The molecule has 2 fully saturated rings. The first-order valence-electron chi connectivity index (χ1n) is 11.7. The van der Waals surface area contributed by atoms with E-state index in [1.807, 2.05) is 60.4 Å². The van der Waals surface area contributed by atoms with E-state index >= 15 is 0 Å². The van der Waals surface area contributed by atoms with Crippen LogP contribution in [0.15, 0.2) is 60.9 Å². The normalized spacial score (nSPS) is 22.6. The lowest BCUT2D eigenvalue weighted by atomic mass is 9.91. The molecule has 0 spiro atoms. The highest BCUT2D eigenvalue weighted by Crippen LogP contribution is 2.46. The van der Waals surface area contributed by atoms with Gasteiger partial charge in [0.1, 0.15) is 11.9 Å². The molecule has 172 valence electrons. The van der Waals surface area contributed by atoms with Crippen molar-refractivity contribution in [3.8, 4) is 11.4 Å². The summed E-state index contributed by atoms with van der Waals surface area (Å²) in [7, 11) is 0. The highest BCUT2D eigenvalue weighted by atomic mass is 16.5. The van der Waals surface area contributed by atoms with Crippen molar-refractivity contribution in [2.24, 2.45) is 5.92 Å². The van der Waals surface area contributed by atoms with Gasteiger partial charge in [0.15, 0.2) is 0 Å². The number of para-hydroxylation sites is 1. The molecular weight excluding hydrogens is 416 g/mol.